The monoisotopic (exact) mass is 1780 g/mol. The van der Waals surface area contributed by atoms with Crippen molar-refractivity contribution in [3.8, 4) is 0 Å². The van der Waals surface area contributed by atoms with Gasteiger partial charge in [-0.15, -0.1) is 25.3 Å². The van der Waals surface area contributed by atoms with E-state index < -0.39 is 132 Å². The van der Waals surface area contributed by atoms with Crippen molar-refractivity contribution in [2.75, 3.05) is 31.9 Å². The van der Waals surface area contributed by atoms with Crippen LogP contribution >= 0.6 is 0 Å². The Morgan fingerprint density at radius 2 is 0.569 bits per heavy atom. The summed E-state index contributed by atoms with van der Waals surface area (Å²) in [7, 11) is -38.4. The Kier molecular flexibility index (Phi) is 32.4. The molecule has 10 aromatic rings. The highest BCUT2D eigenvalue weighted by Gasteiger charge is 2.29. The largest absolute Gasteiger partial charge is 0.425 e. The highest BCUT2D eigenvalue weighted by atomic mass is 32.2. The molecular weight excluding hydrogens is 1690 g/mol. The second-order valence-corrected chi connectivity index (χ2v) is 40.5. The first kappa shape index (κ1) is 99.0. The molecule has 13 N–H and O–H groups in total. The van der Waals surface area contributed by atoms with Gasteiger partial charge in [0.1, 0.15) is 29.4 Å². The van der Waals surface area contributed by atoms with Crippen LogP contribution in [0, 0.1) is 20.8 Å². The predicted octanol–water partition coefficient (Wildman–Crippen LogP) is 13.7. The summed E-state index contributed by atoms with van der Waals surface area (Å²) < 4.78 is 282. The second-order valence-electron chi connectivity index (χ2n) is 29.9. The van der Waals surface area contributed by atoms with Gasteiger partial charge in [0.25, 0.3) is 70.8 Å². The van der Waals surface area contributed by atoms with Gasteiger partial charge in [-0.05, 0) is 246 Å². The van der Waals surface area contributed by atoms with Crippen molar-refractivity contribution in [2.45, 2.75) is 181 Å². The molecule has 10 rings (SSSR count). The summed E-state index contributed by atoms with van der Waals surface area (Å²) in [4.78, 5) is -3.00. The highest BCUT2D eigenvalue weighted by Crippen LogP contribution is 2.40. The number of hydrogen-bond donors (Lipinski definition) is 13. The Morgan fingerprint density at radius 1 is 0.293 bits per heavy atom. The number of benzene rings is 10. The lowest BCUT2D eigenvalue weighted by Crippen LogP contribution is -2.26. The smallest absolute Gasteiger partial charge is 0.380 e. The average Bonchev–Trinajstić information content (AvgIpc) is 0.755. The third-order valence-electron chi connectivity index (χ3n) is 15.2. The number of hydrogen-bond acceptors (Lipinski definition) is 26. The van der Waals surface area contributed by atoms with E-state index >= 15 is 0 Å². The quantitative estimate of drug-likeness (QED) is 0.0377. The molecule has 634 valence electrons. The van der Waals surface area contributed by atoms with Gasteiger partial charge in [-0.1, -0.05) is 62.0 Å². The van der Waals surface area contributed by atoms with Gasteiger partial charge in [-0.2, -0.15) is 58.9 Å². The normalized spacial score (nSPS) is 12.2. The molecule has 0 spiro atoms. The molecule has 0 radical (unpaired) electrons. The predicted molar refractivity (Wildman–Crippen MR) is 446 cm³/mol. The number of nitrogens with one attached hydrogen (secondary N) is 6. The van der Waals surface area contributed by atoms with Crippen molar-refractivity contribution in [2.24, 2.45) is 0 Å². The summed E-state index contributed by atoms with van der Waals surface area (Å²) in [5.41, 5.74) is 6.21. The maximum absolute atomic E-state index is 12.1. The summed E-state index contributed by atoms with van der Waals surface area (Å²) in [6.07, 6.45) is 0. The van der Waals surface area contributed by atoms with E-state index in [9.17, 15) is 90.8 Å². The number of fused-ring (bicyclic) bond motifs is 4. The first-order chi connectivity index (χ1) is 52.1. The summed E-state index contributed by atoms with van der Waals surface area (Å²) in [6, 6.07) is 41.8. The zero-order chi connectivity index (χ0) is 87.7. The molecular formula is C74H92N6O27S9. The van der Waals surface area contributed by atoms with Crippen molar-refractivity contribution < 1.29 is 116 Å². The van der Waals surface area contributed by atoms with Crippen LogP contribution in [0.15, 0.2) is 192 Å². The molecule has 0 saturated carbocycles. The standard InChI is InChI=1S/C22H26N2O6S2.C22H26N2O3S.C15H19NO6S2.C14H17NO6S2.CH4.2O3S/c1-14-10-17-19(31(25,26)27)9-8-18(21(17)20(11-14)32(28,29)30)23-13-15-6-5-7-16(12-15)24-22(2,3)4;1-15-11-17-8-6-10-19(21(17)20(12-15)28(25,26)27)23-14-16-7-5-9-18(13-16)24-22(2,3)4;1-9-7-10-12(23(17,18)19)6-5-11(16-15(2,3)4)14(10)13(8-9)24(20,21)22;1-14(2,3)15-11-6-4-5-9-7-10(22(16,17)18)8-12(13(9)11)23(19,20)21;;2*1-4(2)3/h5-12,23-24H,13H2,1-4H3,(H,25,26,27)(H,28,29,30);5-13,23-24H,14H2,1-4H3,(H,25,26,27);5-8,16H,1-4H3,(H,17,18,19)(H,20,21,22);4-8,15H,1-3H3,(H,16,17,18)(H,19,20,21);1H4;;. The van der Waals surface area contributed by atoms with E-state index in [2.05, 4.69) is 58.7 Å². The van der Waals surface area contributed by atoms with Gasteiger partial charge in [-0.25, -0.2) is 0 Å². The Balaban J connectivity index is 0.000000316. The first-order valence-electron chi connectivity index (χ1n) is 33.5. The van der Waals surface area contributed by atoms with Crippen LogP contribution in [0.25, 0.3) is 43.1 Å². The third-order valence-corrected chi connectivity index (χ3v) is 21.4. The fraction of sp³-hybridized carbons (Fsp3) is 0.297. The van der Waals surface area contributed by atoms with Crippen LogP contribution in [0.5, 0.6) is 0 Å². The Labute approximate surface area is 678 Å². The molecule has 0 aliphatic carbocycles. The second kappa shape index (κ2) is 37.9. The van der Waals surface area contributed by atoms with Crippen molar-refractivity contribution in [1.82, 2.24) is 0 Å². The van der Waals surface area contributed by atoms with Gasteiger partial charge >= 0.3 is 21.2 Å². The van der Waals surface area contributed by atoms with Crippen LogP contribution in [0.1, 0.15) is 118 Å². The van der Waals surface area contributed by atoms with E-state index in [0.717, 1.165) is 45.6 Å². The van der Waals surface area contributed by atoms with Crippen LogP contribution in [0.3, 0.4) is 0 Å². The van der Waals surface area contributed by atoms with Crippen molar-refractivity contribution in [3.63, 3.8) is 0 Å². The lowest BCUT2D eigenvalue weighted by atomic mass is 10.0. The first-order valence-corrected chi connectivity index (χ1v) is 45.6. The van der Waals surface area contributed by atoms with Crippen molar-refractivity contribution in [1.29, 1.82) is 0 Å². The van der Waals surface area contributed by atoms with Gasteiger partial charge in [0.2, 0.25) is 0 Å². The molecule has 0 bridgehead atoms. The average molecular weight is 1790 g/mol. The lowest BCUT2D eigenvalue weighted by molar-refractivity contribution is 0.478. The molecule has 0 unspecified atom stereocenters. The maximum atomic E-state index is 12.1. The molecule has 33 nitrogen and oxygen atoms in total. The molecule has 0 aromatic heterocycles. The number of rotatable bonds is 17. The zero-order valence-electron chi connectivity index (χ0n) is 64.4. The van der Waals surface area contributed by atoms with Gasteiger partial charge in [0.15, 0.2) is 0 Å². The molecule has 0 atom stereocenters. The van der Waals surface area contributed by atoms with Gasteiger partial charge in [0, 0.05) is 102 Å². The van der Waals surface area contributed by atoms with E-state index in [4.69, 9.17) is 25.3 Å². The minimum atomic E-state index is -4.71. The number of aryl methyl sites for hydroxylation is 3. The molecule has 116 heavy (non-hydrogen) atoms. The van der Waals surface area contributed by atoms with E-state index in [1.54, 1.807) is 26.0 Å². The highest BCUT2D eigenvalue weighted by molar-refractivity contribution is 7.88. The Hall–Kier alpha value is -9.35. The summed E-state index contributed by atoms with van der Waals surface area (Å²) in [5, 5.41) is 21.1. The SMILES string of the molecule is C.CC(C)(C)Nc1cccc2cc(S(=O)(=O)O)cc(S(=O)(=O)O)c12.Cc1cc(S(=O)(=O)O)c2c(NC(C)(C)C)ccc(S(=O)(=O)O)c2c1.Cc1cc(S(=O)(=O)O)c2c(NCc3cccc(NC(C)(C)C)c3)ccc(S(=O)(=O)O)c2c1.Cc1cc(S(=O)(=O)O)c2c(NCc3cccc(NC(C)(C)C)c3)cccc2c1.O=S(=O)=O.O=S(=O)=O. The maximum Gasteiger partial charge on any atom is 0.425 e. The Morgan fingerprint density at radius 3 is 0.914 bits per heavy atom. The van der Waals surface area contributed by atoms with Crippen LogP contribution < -0.4 is 31.9 Å². The van der Waals surface area contributed by atoms with Crippen LogP contribution in [-0.2, 0) is 105 Å². The van der Waals surface area contributed by atoms with E-state index in [1.807, 2.05) is 136 Å². The molecule has 0 aliphatic rings. The van der Waals surface area contributed by atoms with Gasteiger partial charge < -0.3 is 31.9 Å². The molecule has 0 aliphatic heterocycles. The third kappa shape index (κ3) is 30.3. The molecule has 42 heteroatoms. The fourth-order valence-electron chi connectivity index (χ4n) is 11.5. The van der Waals surface area contributed by atoms with Gasteiger partial charge in [-0.3, -0.25) is 31.9 Å². The fourth-order valence-corrected chi connectivity index (χ4v) is 16.7. The molecule has 0 heterocycles. The van der Waals surface area contributed by atoms with E-state index in [0.29, 0.717) is 52.4 Å². The van der Waals surface area contributed by atoms with Crippen molar-refractivity contribution in [3.05, 3.63) is 186 Å². The molecule has 0 fully saturated rings. The lowest BCUT2D eigenvalue weighted by Gasteiger charge is -2.24. The number of anilines is 6. The Bertz CT molecular complexity index is 6450. The van der Waals surface area contributed by atoms with Crippen LogP contribution in [0.4, 0.5) is 34.1 Å². The minimum Gasteiger partial charge on any atom is -0.380 e. The summed E-state index contributed by atoms with van der Waals surface area (Å²) in [6.45, 7) is 29.3. The van der Waals surface area contributed by atoms with Crippen molar-refractivity contribution >= 4 is 169 Å². The summed E-state index contributed by atoms with van der Waals surface area (Å²) >= 11 is 0. The zero-order valence-corrected chi connectivity index (χ0v) is 71.7. The van der Waals surface area contributed by atoms with Gasteiger partial charge in [0.05, 0.1) is 4.90 Å². The molecule has 0 saturated heterocycles. The molecule has 0 amide bonds. The van der Waals surface area contributed by atoms with Crippen LogP contribution in [0.2, 0.25) is 0 Å². The molecule has 10 aromatic carbocycles. The van der Waals surface area contributed by atoms with E-state index in [-0.39, 0.29) is 55.7 Å². The van der Waals surface area contributed by atoms with Crippen LogP contribution in [-0.4, -0.2) is 138 Å². The minimum absolute atomic E-state index is 0. The summed E-state index contributed by atoms with van der Waals surface area (Å²) in [5.74, 6) is 0. The topological polar surface area (TPSA) is 555 Å². The van der Waals surface area contributed by atoms with E-state index in [1.165, 1.54) is 60.7 Å².